The topological polar surface area (TPSA) is 84.0 Å². The normalized spacial score (nSPS) is 18.9. The Kier molecular flexibility index (Phi) is 4.16. The van der Waals surface area contributed by atoms with Gasteiger partial charge in [-0.05, 0) is 36.4 Å². The molecular formula is C19H13ClN2O5. The number of rotatable bonds is 3. The number of carbonyl (C=O) groups is 4. The Labute approximate surface area is 159 Å². The van der Waals surface area contributed by atoms with Crippen LogP contribution in [-0.4, -0.2) is 35.3 Å². The van der Waals surface area contributed by atoms with E-state index >= 15 is 0 Å². The highest BCUT2D eigenvalue weighted by Crippen LogP contribution is 2.28. The molecule has 2 aliphatic heterocycles. The molecule has 7 nitrogen and oxygen atoms in total. The third kappa shape index (κ3) is 2.96. The number of amides is 3. The van der Waals surface area contributed by atoms with Crippen molar-refractivity contribution in [1.29, 1.82) is 0 Å². The maximum absolute atomic E-state index is 12.5. The minimum atomic E-state index is -0.797. The molecule has 2 aromatic carbocycles. The monoisotopic (exact) mass is 384 g/mol. The van der Waals surface area contributed by atoms with Crippen molar-refractivity contribution in [2.75, 3.05) is 11.4 Å². The van der Waals surface area contributed by atoms with Crippen LogP contribution in [0.3, 0.4) is 0 Å². The minimum absolute atomic E-state index is 0.0649. The van der Waals surface area contributed by atoms with E-state index in [9.17, 15) is 19.2 Å². The molecule has 8 heteroatoms. The summed E-state index contributed by atoms with van der Waals surface area (Å²) in [5.41, 5.74) is 0.974. The van der Waals surface area contributed by atoms with Crippen LogP contribution in [0.2, 0.25) is 5.02 Å². The molecule has 1 saturated heterocycles. The van der Waals surface area contributed by atoms with E-state index in [0.717, 1.165) is 0 Å². The van der Waals surface area contributed by atoms with Gasteiger partial charge in [-0.15, -0.1) is 0 Å². The molecule has 2 aliphatic rings. The number of anilines is 1. The molecule has 0 bridgehead atoms. The molecule has 0 N–H and O–H groups in total. The number of carbonyl (C=O) groups excluding carboxylic acids is 4. The predicted octanol–water partition coefficient (Wildman–Crippen LogP) is 2.45. The number of hydrogen-bond donors (Lipinski definition) is 0. The zero-order valence-electron chi connectivity index (χ0n) is 13.9. The maximum atomic E-state index is 12.5. The van der Waals surface area contributed by atoms with E-state index in [4.69, 9.17) is 16.4 Å². The molecule has 1 atom stereocenters. The third-order valence-electron chi connectivity index (χ3n) is 4.53. The van der Waals surface area contributed by atoms with Crippen molar-refractivity contribution in [3.63, 3.8) is 0 Å². The lowest BCUT2D eigenvalue weighted by molar-refractivity contribution is -0.173. The number of hydrogen-bond acceptors (Lipinski definition) is 5. The summed E-state index contributed by atoms with van der Waals surface area (Å²) in [4.78, 5) is 55.8. The summed E-state index contributed by atoms with van der Waals surface area (Å²) in [6.07, 6.45) is -0.0649. The van der Waals surface area contributed by atoms with Gasteiger partial charge in [0.2, 0.25) is 5.91 Å². The summed E-state index contributed by atoms with van der Waals surface area (Å²) < 4.78 is 0. The Balaban J connectivity index is 1.47. The molecule has 2 heterocycles. The van der Waals surface area contributed by atoms with Gasteiger partial charge >= 0.3 is 5.97 Å². The van der Waals surface area contributed by atoms with Crippen molar-refractivity contribution in [1.82, 2.24) is 5.06 Å². The van der Waals surface area contributed by atoms with Gasteiger partial charge < -0.3 is 9.74 Å². The van der Waals surface area contributed by atoms with E-state index in [0.29, 0.717) is 15.8 Å². The molecule has 3 amide bonds. The Morgan fingerprint density at radius 2 is 1.56 bits per heavy atom. The fraction of sp³-hybridized carbons (Fsp3) is 0.158. The summed E-state index contributed by atoms with van der Waals surface area (Å²) in [5, 5.41) is 0.995. The number of fused-ring (bicyclic) bond motifs is 1. The Hall–Kier alpha value is -3.19. The van der Waals surface area contributed by atoms with Gasteiger partial charge in [-0.25, -0.2) is 4.79 Å². The molecule has 0 radical (unpaired) electrons. The van der Waals surface area contributed by atoms with E-state index in [1.54, 1.807) is 36.4 Å². The standard InChI is InChI=1S/C19H13ClN2O5/c20-12-5-7-13(8-6-12)21-10-11(9-16(21)23)19(26)27-22-17(24)14-3-1-2-4-15(14)18(22)25/h1-8,11H,9-10H2. The SMILES string of the molecule is O=C(ON1C(=O)c2ccccc2C1=O)C1CC(=O)N(c2ccc(Cl)cc2)C1. The lowest BCUT2D eigenvalue weighted by Crippen LogP contribution is -2.36. The molecule has 1 fully saturated rings. The number of hydroxylamine groups is 2. The summed E-state index contributed by atoms with van der Waals surface area (Å²) >= 11 is 5.85. The molecule has 0 aromatic heterocycles. The zero-order chi connectivity index (χ0) is 19.1. The third-order valence-corrected chi connectivity index (χ3v) is 4.79. The summed E-state index contributed by atoms with van der Waals surface area (Å²) in [6.45, 7) is 0.0997. The molecule has 27 heavy (non-hydrogen) atoms. The van der Waals surface area contributed by atoms with Crippen LogP contribution in [0.5, 0.6) is 0 Å². The van der Waals surface area contributed by atoms with E-state index in [2.05, 4.69) is 0 Å². The molecule has 1 unspecified atom stereocenters. The fourth-order valence-corrected chi connectivity index (χ4v) is 3.28. The number of nitrogens with zero attached hydrogens (tertiary/aromatic N) is 2. The first-order chi connectivity index (χ1) is 13.0. The van der Waals surface area contributed by atoms with Crippen LogP contribution in [0.4, 0.5) is 5.69 Å². The number of benzene rings is 2. The van der Waals surface area contributed by atoms with Gasteiger partial charge in [0.1, 0.15) is 0 Å². The lowest BCUT2D eigenvalue weighted by atomic mass is 10.1. The van der Waals surface area contributed by atoms with Crippen molar-refractivity contribution in [2.45, 2.75) is 6.42 Å². The highest BCUT2D eigenvalue weighted by atomic mass is 35.5. The smallest absolute Gasteiger partial charge is 0.329 e. The quantitative estimate of drug-likeness (QED) is 0.759. The maximum Gasteiger partial charge on any atom is 0.338 e. The molecule has 4 rings (SSSR count). The van der Waals surface area contributed by atoms with E-state index < -0.39 is 23.7 Å². The highest BCUT2D eigenvalue weighted by Gasteiger charge is 2.42. The van der Waals surface area contributed by atoms with Crippen LogP contribution in [0.1, 0.15) is 27.1 Å². The van der Waals surface area contributed by atoms with E-state index in [1.807, 2.05) is 0 Å². The van der Waals surface area contributed by atoms with Gasteiger partial charge in [0, 0.05) is 23.7 Å². The van der Waals surface area contributed by atoms with Crippen molar-refractivity contribution >= 4 is 41.0 Å². The van der Waals surface area contributed by atoms with Gasteiger partial charge in [-0.1, -0.05) is 28.8 Å². The summed E-state index contributed by atoms with van der Waals surface area (Å²) in [6, 6.07) is 12.9. The van der Waals surface area contributed by atoms with Crippen LogP contribution in [0.15, 0.2) is 48.5 Å². The Morgan fingerprint density at radius 1 is 0.963 bits per heavy atom. The molecule has 2 aromatic rings. The molecule has 0 aliphatic carbocycles. The van der Waals surface area contributed by atoms with E-state index in [1.165, 1.54) is 17.0 Å². The van der Waals surface area contributed by atoms with Gasteiger partial charge in [0.25, 0.3) is 11.8 Å². The first-order valence-corrected chi connectivity index (χ1v) is 8.59. The summed E-state index contributed by atoms with van der Waals surface area (Å²) in [7, 11) is 0. The second kappa shape index (κ2) is 6.51. The Bertz CT molecular complexity index is 937. The highest BCUT2D eigenvalue weighted by molar-refractivity contribution is 6.30. The fourth-order valence-electron chi connectivity index (χ4n) is 3.15. The van der Waals surface area contributed by atoms with Crippen molar-refractivity contribution in [3.8, 4) is 0 Å². The molecule has 0 spiro atoms. The van der Waals surface area contributed by atoms with Crippen LogP contribution in [0.25, 0.3) is 0 Å². The predicted molar refractivity (Wildman–Crippen MR) is 94.9 cm³/mol. The van der Waals surface area contributed by atoms with Crippen molar-refractivity contribution in [3.05, 3.63) is 64.7 Å². The summed E-state index contributed by atoms with van der Waals surface area (Å²) in [5.74, 6) is -3.21. The first-order valence-electron chi connectivity index (χ1n) is 8.21. The van der Waals surface area contributed by atoms with Gasteiger partial charge in [0.05, 0.1) is 17.0 Å². The minimum Gasteiger partial charge on any atom is -0.329 e. The lowest BCUT2D eigenvalue weighted by Gasteiger charge is -2.17. The second-order valence-electron chi connectivity index (χ2n) is 6.24. The van der Waals surface area contributed by atoms with Crippen LogP contribution in [0, 0.1) is 5.92 Å². The molecule has 136 valence electrons. The van der Waals surface area contributed by atoms with Gasteiger partial charge in [-0.2, -0.15) is 0 Å². The van der Waals surface area contributed by atoms with Crippen LogP contribution >= 0.6 is 11.6 Å². The second-order valence-corrected chi connectivity index (χ2v) is 6.68. The number of imide groups is 1. The van der Waals surface area contributed by atoms with Crippen molar-refractivity contribution < 1.29 is 24.0 Å². The average Bonchev–Trinajstić information content (AvgIpc) is 3.17. The Morgan fingerprint density at radius 3 is 2.15 bits per heavy atom. The molecular weight excluding hydrogens is 372 g/mol. The van der Waals surface area contributed by atoms with Crippen LogP contribution < -0.4 is 4.90 Å². The first kappa shape index (κ1) is 17.2. The zero-order valence-corrected chi connectivity index (χ0v) is 14.7. The van der Waals surface area contributed by atoms with Gasteiger partial charge in [-0.3, -0.25) is 14.4 Å². The number of halogens is 1. The molecule has 0 saturated carbocycles. The van der Waals surface area contributed by atoms with Crippen LogP contribution in [-0.2, 0) is 14.4 Å². The van der Waals surface area contributed by atoms with E-state index in [-0.39, 0.29) is 30.0 Å². The average molecular weight is 385 g/mol. The largest absolute Gasteiger partial charge is 0.338 e. The van der Waals surface area contributed by atoms with Crippen molar-refractivity contribution in [2.24, 2.45) is 5.92 Å². The van der Waals surface area contributed by atoms with Gasteiger partial charge in [0.15, 0.2) is 0 Å².